The molecule has 0 bridgehead atoms. The van der Waals surface area contributed by atoms with E-state index in [0.717, 1.165) is 19.4 Å². The summed E-state index contributed by atoms with van der Waals surface area (Å²) in [5.74, 6) is 0. The minimum absolute atomic E-state index is 0.177. The lowest BCUT2D eigenvalue weighted by atomic mass is 10.0. The van der Waals surface area contributed by atoms with Crippen molar-refractivity contribution < 1.29 is 9.13 Å². The second kappa shape index (κ2) is 5.09. The molecule has 66 valence electrons. The number of alkyl halides is 2. The Labute approximate surface area is 75.4 Å². The molecule has 1 rings (SSSR count). The lowest BCUT2D eigenvalue weighted by Gasteiger charge is -2.23. The highest BCUT2D eigenvalue weighted by Crippen LogP contribution is 2.18. The van der Waals surface area contributed by atoms with E-state index < -0.39 is 6.17 Å². The molecule has 2 atom stereocenters. The van der Waals surface area contributed by atoms with Crippen LogP contribution in [0, 0.1) is 0 Å². The maximum atomic E-state index is 12.8. The smallest absolute Gasteiger partial charge is 0.112 e. The van der Waals surface area contributed by atoms with Crippen molar-refractivity contribution in [1.29, 1.82) is 0 Å². The summed E-state index contributed by atoms with van der Waals surface area (Å²) in [6.07, 6.45) is 3.37. The van der Waals surface area contributed by atoms with Gasteiger partial charge in [-0.3, -0.25) is 0 Å². The molecule has 0 aromatic carbocycles. The fourth-order valence-electron chi connectivity index (χ4n) is 1.34. The molecule has 0 spiro atoms. The van der Waals surface area contributed by atoms with Crippen LogP contribution in [0.5, 0.6) is 0 Å². The van der Waals surface area contributed by atoms with Gasteiger partial charge >= 0.3 is 0 Å². The third kappa shape index (κ3) is 3.52. The van der Waals surface area contributed by atoms with Crippen LogP contribution in [0.15, 0.2) is 0 Å². The molecule has 0 radical (unpaired) electrons. The molecule has 0 saturated carbocycles. The van der Waals surface area contributed by atoms with E-state index in [2.05, 4.69) is 15.9 Å². The molecule has 0 aliphatic carbocycles. The first-order valence-corrected chi connectivity index (χ1v) is 5.26. The maximum Gasteiger partial charge on any atom is 0.112 e. The largest absolute Gasteiger partial charge is 0.378 e. The van der Waals surface area contributed by atoms with Crippen LogP contribution in [-0.2, 0) is 4.74 Å². The van der Waals surface area contributed by atoms with Crippen LogP contribution < -0.4 is 0 Å². The Morgan fingerprint density at radius 1 is 1.55 bits per heavy atom. The average Bonchev–Trinajstić information content (AvgIpc) is 2.06. The van der Waals surface area contributed by atoms with Gasteiger partial charge in [-0.25, -0.2) is 4.39 Å². The van der Waals surface area contributed by atoms with Gasteiger partial charge in [-0.1, -0.05) is 15.9 Å². The Hall–Kier alpha value is 0.370. The number of hydrogen-bond donors (Lipinski definition) is 0. The molecule has 1 aliphatic rings. The van der Waals surface area contributed by atoms with Gasteiger partial charge in [-0.05, 0) is 19.3 Å². The Kier molecular flexibility index (Phi) is 4.38. The number of halogens is 2. The van der Waals surface area contributed by atoms with Crippen LogP contribution >= 0.6 is 15.9 Å². The molecular formula is C8H14BrFO. The van der Waals surface area contributed by atoms with Crippen molar-refractivity contribution in [2.75, 3.05) is 11.9 Å². The summed E-state index contributed by atoms with van der Waals surface area (Å²) in [4.78, 5) is 0. The van der Waals surface area contributed by atoms with Crippen molar-refractivity contribution in [2.45, 2.75) is 38.0 Å². The third-order valence-corrected chi connectivity index (χ3v) is 2.66. The molecule has 0 amide bonds. The van der Waals surface area contributed by atoms with Gasteiger partial charge in [-0.2, -0.15) is 0 Å². The molecule has 2 unspecified atom stereocenters. The summed E-state index contributed by atoms with van der Waals surface area (Å²) in [5.41, 5.74) is 0. The summed E-state index contributed by atoms with van der Waals surface area (Å²) in [6.45, 7) is 0.819. The highest BCUT2D eigenvalue weighted by atomic mass is 79.9. The highest BCUT2D eigenvalue weighted by molar-refractivity contribution is 9.09. The van der Waals surface area contributed by atoms with Gasteiger partial charge in [-0.15, -0.1) is 0 Å². The predicted octanol–water partition coefficient (Wildman–Crippen LogP) is 2.68. The fraction of sp³-hybridized carbons (Fsp3) is 1.00. The van der Waals surface area contributed by atoms with E-state index in [4.69, 9.17) is 4.74 Å². The quantitative estimate of drug-likeness (QED) is 0.671. The first-order valence-electron chi connectivity index (χ1n) is 4.14. The van der Waals surface area contributed by atoms with Gasteiger partial charge in [0.1, 0.15) is 6.17 Å². The maximum absolute atomic E-state index is 12.8. The number of hydrogen-bond acceptors (Lipinski definition) is 1. The molecular weight excluding hydrogens is 211 g/mol. The van der Waals surface area contributed by atoms with E-state index in [1.54, 1.807) is 0 Å². The fourth-order valence-corrected chi connectivity index (χ4v) is 1.61. The lowest BCUT2D eigenvalue weighted by molar-refractivity contribution is 0.0000546. The van der Waals surface area contributed by atoms with Gasteiger partial charge in [0.2, 0.25) is 0 Å². The molecule has 3 heteroatoms. The SMILES string of the molecule is FC(CBr)CC1CCCCO1. The molecule has 1 nitrogen and oxygen atoms in total. The molecule has 0 aromatic heterocycles. The molecule has 1 aliphatic heterocycles. The Balaban J connectivity index is 2.13. The second-order valence-electron chi connectivity index (χ2n) is 2.98. The van der Waals surface area contributed by atoms with Crippen molar-refractivity contribution in [2.24, 2.45) is 0 Å². The minimum atomic E-state index is -0.738. The van der Waals surface area contributed by atoms with Crippen LogP contribution in [0.1, 0.15) is 25.7 Å². The minimum Gasteiger partial charge on any atom is -0.378 e. The van der Waals surface area contributed by atoms with Crippen molar-refractivity contribution in [3.8, 4) is 0 Å². The Morgan fingerprint density at radius 3 is 2.91 bits per heavy atom. The van der Waals surface area contributed by atoms with Crippen LogP contribution in [0.25, 0.3) is 0 Å². The zero-order chi connectivity index (χ0) is 8.10. The molecule has 0 aromatic rings. The molecule has 1 fully saturated rings. The van der Waals surface area contributed by atoms with Crippen molar-refractivity contribution in [1.82, 2.24) is 0 Å². The van der Waals surface area contributed by atoms with Gasteiger partial charge < -0.3 is 4.74 Å². The monoisotopic (exact) mass is 224 g/mol. The first-order chi connectivity index (χ1) is 5.33. The summed E-state index contributed by atoms with van der Waals surface area (Å²) < 4.78 is 18.2. The molecule has 0 N–H and O–H groups in total. The molecule has 11 heavy (non-hydrogen) atoms. The van der Waals surface area contributed by atoms with E-state index in [1.165, 1.54) is 6.42 Å². The van der Waals surface area contributed by atoms with Crippen molar-refractivity contribution in [3.63, 3.8) is 0 Å². The zero-order valence-electron chi connectivity index (χ0n) is 6.56. The van der Waals surface area contributed by atoms with E-state index in [9.17, 15) is 4.39 Å². The van der Waals surface area contributed by atoms with Crippen LogP contribution in [-0.4, -0.2) is 24.2 Å². The third-order valence-electron chi connectivity index (χ3n) is 1.96. The molecule has 1 heterocycles. The highest BCUT2D eigenvalue weighted by Gasteiger charge is 2.17. The normalized spacial score (nSPS) is 28.4. The van der Waals surface area contributed by atoms with Crippen LogP contribution in [0.2, 0.25) is 0 Å². The predicted molar refractivity (Wildman–Crippen MR) is 46.9 cm³/mol. The van der Waals surface area contributed by atoms with Gasteiger partial charge in [0.05, 0.1) is 6.10 Å². The van der Waals surface area contributed by atoms with Gasteiger partial charge in [0.15, 0.2) is 0 Å². The zero-order valence-corrected chi connectivity index (χ0v) is 8.15. The van der Waals surface area contributed by atoms with E-state index >= 15 is 0 Å². The van der Waals surface area contributed by atoms with Crippen molar-refractivity contribution >= 4 is 15.9 Å². The van der Waals surface area contributed by atoms with E-state index in [-0.39, 0.29) is 6.10 Å². The Bertz CT molecular complexity index is 104. The first kappa shape index (κ1) is 9.46. The summed E-state index contributed by atoms with van der Waals surface area (Å²) in [6, 6.07) is 0. The summed E-state index contributed by atoms with van der Waals surface area (Å²) >= 11 is 3.11. The number of ether oxygens (including phenoxy) is 1. The topological polar surface area (TPSA) is 9.23 Å². The van der Waals surface area contributed by atoms with Crippen LogP contribution in [0.3, 0.4) is 0 Å². The lowest BCUT2D eigenvalue weighted by Crippen LogP contribution is -2.23. The Morgan fingerprint density at radius 2 is 2.36 bits per heavy atom. The van der Waals surface area contributed by atoms with E-state index in [0.29, 0.717) is 11.8 Å². The van der Waals surface area contributed by atoms with Crippen LogP contribution in [0.4, 0.5) is 4.39 Å². The second-order valence-corrected chi connectivity index (χ2v) is 3.62. The van der Waals surface area contributed by atoms with Crippen molar-refractivity contribution in [3.05, 3.63) is 0 Å². The standard InChI is InChI=1S/C8H14BrFO/c9-6-7(10)5-8-3-1-2-4-11-8/h7-8H,1-6H2. The summed E-state index contributed by atoms with van der Waals surface area (Å²) in [5, 5.41) is 0.437. The number of rotatable bonds is 3. The summed E-state index contributed by atoms with van der Waals surface area (Å²) in [7, 11) is 0. The molecule has 1 saturated heterocycles. The van der Waals surface area contributed by atoms with E-state index in [1.807, 2.05) is 0 Å². The average molecular weight is 225 g/mol. The van der Waals surface area contributed by atoms with Gasteiger partial charge in [0.25, 0.3) is 0 Å². The van der Waals surface area contributed by atoms with Gasteiger partial charge in [0, 0.05) is 18.4 Å².